The molecule has 1 aromatic carbocycles. The molecule has 1 fully saturated rings. The Morgan fingerprint density at radius 1 is 1.40 bits per heavy atom. The van der Waals surface area contributed by atoms with Gasteiger partial charge in [0.25, 0.3) is 0 Å². The van der Waals surface area contributed by atoms with Gasteiger partial charge in [0.15, 0.2) is 5.96 Å². The summed E-state index contributed by atoms with van der Waals surface area (Å²) in [5.74, 6) is 2.38. The van der Waals surface area contributed by atoms with Gasteiger partial charge < -0.3 is 24.4 Å². The largest absolute Gasteiger partial charge is 0.496 e. The van der Waals surface area contributed by atoms with Crippen molar-refractivity contribution in [1.82, 2.24) is 10.2 Å². The zero-order chi connectivity index (χ0) is 17.9. The Hall–Kier alpha value is -1.79. The minimum atomic E-state index is 0.533. The van der Waals surface area contributed by atoms with E-state index < -0.39 is 0 Å². The van der Waals surface area contributed by atoms with Crippen LogP contribution in [0, 0.1) is 5.92 Å². The second-order valence-corrected chi connectivity index (χ2v) is 6.21. The molecule has 0 spiro atoms. The summed E-state index contributed by atoms with van der Waals surface area (Å²) in [7, 11) is 3.76. The number of ether oxygens (including phenoxy) is 3. The van der Waals surface area contributed by atoms with Crippen LogP contribution in [0.2, 0.25) is 0 Å². The van der Waals surface area contributed by atoms with Gasteiger partial charge in [0.05, 0.1) is 33.5 Å². The van der Waals surface area contributed by atoms with E-state index >= 15 is 0 Å². The number of hydrogen-bond acceptors (Lipinski definition) is 4. The Bertz CT molecular complexity index is 530. The molecule has 1 heterocycles. The maximum Gasteiger partial charge on any atom is 0.193 e. The van der Waals surface area contributed by atoms with Crippen LogP contribution in [-0.2, 0) is 16.1 Å². The molecule has 6 nitrogen and oxygen atoms in total. The number of nitrogens with one attached hydrogen (secondary N) is 1. The van der Waals surface area contributed by atoms with Crippen molar-refractivity contribution in [3.05, 3.63) is 29.8 Å². The van der Waals surface area contributed by atoms with Crippen molar-refractivity contribution >= 4 is 5.96 Å². The van der Waals surface area contributed by atoms with Crippen LogP contribution >= 0.6 is 0 Å². The standard InChI is InChI=1S/C19H31N3O3/c1-4-20-19(22(2)13-16-9-11-24-14-16)21-10-12-25-15-17-7-5-6-8-18(17)23-3/h5-8,16H,4,9-15H2,1-3H3,(H,20,21). The van der Waals surface area contributed by atoms with Crippen LogP contribution in [0.4, 0.5) is 0 Å². The number of benzene rings is 1. The molecule has 1 atom stereocenters. The topological polar surface area (TPSA) is 55.3 Å². The summed E-state index contributed by atoms with van der Waals surface area (Å²) in [6, 6.07) is 7.91. The molecule has 1 aromatic rings. The Morgan fingerprint density at radius 3 is 2.96 bits per heavy atom. The lowest BCUT2D eigenvalue weighted by Crippen LogP contribution is -2.41. The van der Waals surface area contributed by atoms with Gasteiger partial charge in [0.2, 0.25) is 0 Å². The van der Waals surface area contributed by atoms with Gasteiger partial charge in [0, 0.05) is 38.2 Å². The first-order chi connectivity index (χ1) is 12.2. The van der Waals surface area contributed by atoms with Crippen molar-refractivity contribution in [3.8, 4) is 5.75 Å². The lowest BCUT2D eigenvalue weighted by atomic mass is 10.1. The number of guanidine groups is 1. The summed E-state index contributed by atoms with van der Waals surface area (Å²) in [6.07, 6.45) is 1.13. The summed E-state index contributed by atoms with van der Waals surface area (Å²) in [6.45, 7) is 7.37. The average molecular weight is 349 g/mol. The fourth-order valence-electron chi connectivity index (χ4n) is 2.89. The molecule has 0 bridgehead atoms. The van der Waals surface area contributed by atoms with Crippen LogP contribution < -0.4 is 10.1 Å². The van der Waals surface area contributed by atoms with Crippen molar-refractivity contribution < 1.29 is 14.2 Å². The summed E-state index contributed by atoms with van der Waals surface area (Å²) < 4.78 is 16.5. The van der Waals surface area contributed by atoms with Gasteiger partial charge in [0.1, 0.15) is 5.75 Å². The fraction of sp³-hybridized carbons (Fsp3) is 0.632. The highest BCUT2D eigenvalue weighted by Crippen LogP contribution is 2.17. The molecule has 25 heavy (non-hydrogen) atoms. The summed E-state index contributed by atoms with van der Waals surface area (Å²) >= 11 is 0. The van der Waals surface area contributed by atoms with Crippen LogP contribution in [0.5, 0.6) is 5.75 Å². The highest BCUT2D eigenvalue weighted by Gasteiger charge is 2.18. The monoisotopic (exact) mass is 349 g/mol. The molecule has 0 aromatic heterocycles. The normalized spacial score (nSPS) is 17.6. The van der Waals surface area contributed by atoms with E-state index in [2.05, 4.69) is 29.2 Å². The third-order valence-electron chi connectivity index (χ3n) is 4.20. The maximum absolute atomic E-state index is 5.75. The second kappa shape index (κ2) is 10.9. The highest BCUT2D eigenvalue weighted by atomic mass is 16.5. The summed E-state index contributed by atoms with van der Waals surface area (Å²) in [5.41, 5.74) is 1.05. The minimum Gasteiger partial charge on any atom is -0.496 e. The number of aliphatic imine (C=N–C) groups is 1. The molecule has 1 aliphatic heterocycles. The number of nitrogens with zero attached hydrogens (tertiary/aromatic N) is 2. The first-order valence-corrected chi connectivity index (χ1v) is 9.01. The van der Waals surface area contributed by atoms with E-state index in [1.807, 2.05) is 24.3 Å². The first-order valence-electron chi connectivity index (χ1n) is 9.01. The number of para-hydroxylation sites is 1. The molecule has 0 aliphatic carbocycles. The zero-order valence-corrected chi connectivity index (χ0v) is 15.7. The number of methoxy groups -OCH3 is 1. The van der Waals surface area contributed by atoms with Crippen molar-refractivity contribution in [2.24, 2.45) is 10.9 Å². The quantitative estimate of drug-likeness (QED) is 0.421. The number of hydrogen-bond donors (Lipinski definition) is 1. The Kier molecular flexibility index (Phi) is 8.55. The van der Waals surface area contributed by atoms with Crippen LogP contribution in [0.1, 0.15) is 18.9 Å². The molecule has 2 rings (SSSR count). The lowest BCUT2D eigenvalue weighted by Gasteiger charge is -2.24. The molecule has 0 saturated carbocycles. The predicted molar refractivity (Wildman–Crippen MR) is 100 cm³/mol. The molecule has 6 heteroatoms. The van der Waals surface area contributed by atoms with E-state index in [1.165, 1.54) is 0 Å². The Balaban J connectivity index is 1.76. The van der Waals surface area contributed by atoms with Gasteiger partial charge >= 0.3 is 0 Å². The highest BCUT2D eigenvalue weighted by molar-refractivity contribution is 5.79. The molecule has 1 unspecified atom stereocenters. The fourth-order valence-corrected chi connectivity index (χ4v) is 2.89. The summed E-state index contributed by atoms with van der Waals surface area (Å²) in [4.78, 5) is 6.85. The second-order valence-electron chi connectivity index (χ2n) is 6.21. The average Bonchev–Trinajstić information content (AvgIpc) is 3.13. The smallest absolute Gasteiger partial charge is 0.193 e. The van der Waals surface area contributed by atoms with Crippen molar-refractivity contribution in [1.29, 1.82) is 0 Å². The van der Waals surface area contributed by atoms with Crippen LogP contribution in [0.3, 0.4) is 0 Å². The van der Waals surface area contributed by atoms with Crippen molar-refractivity contribution in [2.45, 2.75) is 20.0 Å². The van der Waals surface area contributed by atoms with Crippen molar-refractivity contribution in [2.75, 3.05) is 53.6 Å². The van der Waals surface area contributed by atoms with E-state index in [-0.39, 0.29) is 0 Å². The molecule has 0 amide bonds. The third-order valence-corrected chi connectivity index (χ3v) is 4.20. The summed E-state index contributed by atoms with van der Waals surface area (Å²) in [5, 5.41) is 3.34. The van der Waals surface area contributed by atoms with Crippen LogP contribution in [-0.4, -0.2) is 64.5 Å². The van der Waals surface area contributed by atoms with Gasteiger partial charge in [-0.25, -0.2) is 0 Å². The van der Waals surface area contributed by atoms with Gasteiger partial charge in [-0.05, 0) is 19.4 Å². The predicted octanol–water partition coefficient (Wildman–Crippen LogP) is 2.15. The van der Waals surface area contributed by atoms with Gasteiger partial charge in [-0.15, -0.1) is 0 Å². The molecule has 140 valence electrons. The zero-order valence-electron chi connectivity index (χ0n) is 15.7. The minimum absolute atomic E-state index is 0.533. The molecular weight excluding hydrogens is 318 g/mol. The van der Waals surface area contributed by atoms with Gasteiger partial charge in [-0.2, -0.15) is 0 Å². The van der Waals surface area contributed by atoms with E-state index in [0.29, 0.717) is 25.7 Å². The Labute approximate surface area is 151 Å². The molecular formula is C19H31N3O3. The van der Waals surface area contributed by atoms with Crippen LogP contribution in [0.15, 0.2) is 29.3 Å². The maximum atomic E-state index is 5.75. The Morgan fingerprint density at radius 2 is 2.24 bits per heavy atom. The number of rotatable bonds is 9. The van der Waals surface area contributed by atoms with E-state index in [1.54, 1.807) is 7.11 Å². The van der Waals surface area contributed by atoms with E-state index in [0.717, 1.165) is 50.0 Å². The SMILES string of the molecule is CCNC(=NCCOCc1ccccc1OC)N(C)CC1CCOC1. The van der Waals surface area contributed by atoms with Gasteiger partial charge in [-0.1, -0.05) is 18.2 Å². The molecule has 1 N–H and O–H groups in total. The molecule has 1 saturated heterocycles. The molecule has 1 aliphatic rings. The van der Waals surface area contributed by atoms with Crippen molar-refractivity contribution in [3.63, 3.8) is 0 Å². The first kappa shape index (κ1) is 19.5. The van der Waals surface area contributed by atoms with E-state index in [4.69, 9.17) is 14.2 Å². The lowest BCUT2D eigenvalue weighted by molar-refractivity contribution is 0.126. The van der Waals surface area contributed by atoms with E-state index in [9.17, 15) is 0 Å². The third kappa shape index (κ3) is 6.55. The molecule has 0 radical (unpaired) electrons. The van der Waals surface area contributed by atoms with Crippen LogP contribution in [0.25, 0.3) is 0 Å². The van der Waals surface area contributed by atoms with Gasteiger partial charge in [-0.3, -0.25) is 4.99 Å².